The molecule has 0 aliphatic heterocycles. The van der Waals surface area contributed by atoms with Gasteiger partial charge in [0.05, 0.1) is 12.0 Å². The van der Waals surface area contributed by atoms with Crippen molar-refractivity contribution in [2.45, 2.75) is 46.1 Å². The van der Waals surface area contributed by atoms with E-state index in [9.17, 15) is 4.79 Å². The molecule has 27 heavy (non-hydrogen) atoms. The van der Waals surface area contributed by atoms with E-state index in [1.54, 1.807) is 11.1 Å². The number of amides is 1. The van der Waals surface area contributed by atoms with Gasteiger partial charge in [-0.15, -0.1) is 24.0 Å². The summed E-state index contributed by atoms with van der Waals surface area (Å²) in [6, 6.07) is 1.94. The minimum atomic E-state index is -0.327. The maximum Gasteiger partial charge on any atom is 0.230 e. The molecule has 7 nitrogen and oxygen atoms in total. The Hall–Kier alpha value is -1.32. The van der Waals surface area contributed by atoms with E-state index in [0.29, 0.717) is 12.5 Å². The summed E-state index contributed by atoms with van der Waals surface area (Å²) in [6.45, 7) is 7.26. The van der Waals surface area contributed by atoms with Gasteiger partial charge in [0, 0.05) is 46.1 Å². The molecule has 154 valence electrons. The molecule has 1 aliphatic carbocycles. The molecule has 2 N–H and O–H groups in total. The lowest BCUT2D eigenvalue weighted by atomic mass is 9.85. The molecular weight excluding hydrogens is 455 g/mol. The van der Waals surface area contributed by atoms with Crippen molar-refractivity contribution < 1.29 is 4.79 Å². The number of guanidine groups is 1. The Labute approximate surface area is 180 Å². The van der Waals surface area contributed by atoms with E-state index in [2.05, 4.69) is 29.6 Å². The smallest absolute Gasteiger partial charge is 0.230 e. The van der Waals surface area contributed by atoms with Gasteiger partial charge in [0.1, 0.15) is 0 Å². The van der Waals surface area contributed by atoms with Gasteiger partial charge in [0.2, 0.25) is 5.91 Å². The van der Waals surface area contributed by atoms with Crippen LogP contribution in [0.4, 0.5) is 0 Å². The van der Waals surface area contributed by atoms with E-state index < -0.39 is 0 Å². The highest BCUT2D eigenvalue weighted by Gasteiger charge is 2.42. The summed E-state index contributed by atoms with van der Waals surface area (Å²) >= 11 is 0. The molecule has 2 rings (SSSR count). The van der Waals surface area contributed by atoms with Crippen molar-refractivity contribution in [3.8, 4) is 0 Å². The largest absolute Gasteiger partial charge is 0.357 e. The first kappa shape index (κ1) is 23.7. The monoisotopic (exact) mass is 490 g/mol. The van der Waals surface area contributed by atoms with Gasteiger partial charge in [0.25, 0.3) is 0 Å². The first-order valence-electron chi connectivity index (χ1n) is 9.68. The van der Waals surface area contributed by atoms with Crippen molar-refractivity contribution in [1.82, 2.24) is 25.3 Å². The van der Waals surface area contributed by atoms with Crippen LogP contribution in [0.3, 0.4) is 0 Å². The lowest BCUT2D eigenvalue weighted by Gasteiger charge is -2.29. The number of hydrogen-bond acceptors (Lipinski definition) is 3. The SMILES string of the molecule is CCNC(=NCC1(C(=O)N(C)C)CCCC1)NCC(C)Cn1cccn1.I. The zero-order chi connectivity index (χ0) is 19.0. The minimum absolute atomic E-state index is 0. The Morgan fingerprint density at radius 3 is 2.59 bits per heavy atom. The summed E-state index contributed by atoms with van der Waals surface area (Å²) < 4.78 is 1.94. The summed E-state index contributed by atoms with van der Waals surface area (Å²) in [6.07, 6.45) is 7.87. The molecule has 0 aromatic carbocycles. The van der Waals surface area contributed by atoms with E-state index in [0.717, 1.165) is 51.3 Å². The predicted octanol–water partition coefficient (Wildman–Crippen LogP) is 2.34. The number of rotatable bonds is 8. The summed E-state index contributed by atoms with van der Waals surface area (Å²) in [5.41, 5.74) is -0.327. The van der Waals surface area contributed by atoms with Crippen LogP contribution in [0.5, 0.6) is 0 Å². The Bertz CT molecular complexity index is 581. The van der Waals surface area contributed by atoms with Gasteiger partial charge < -0.3 is 15.5 Å². The second kappa shape index (κ2) is 11.5. The molecular formula is C19H35IN6O. The van der Waals surface area contributed by atoms with Gasteiger partial charge in [-0.1, -0.05) is 19.8 Å². The van der Waals surface area contributed by atoms with Crippen molar-refractivity contribution in [2.75, 3.05) is 33.7 Å². The Kier molecular flexibility index (Phi) is 10.1. The second-order valence-electron chi connectivity index (χ2n) is 7.60. The van der Waals surface area contributed by atoms with Crippen LogP contribution in [-0.2, 0) is 11.3 Å². The van der Waals surface area contributed by atoms with Gasteiger partial charge >= 0.3 is 0 Å². The number of nitrogens with one attached hydrogen (secondary N) is 2. The molecule has 1 amide bonds. The van der Waals surface area contributed by atoms with E-state index in [1.165, 1.54) is 0 Å². The van der Waals surface area contributed by atoms with Crippen LogP contribution in [0.2, 0.25) is 0 Å². The fourth-order valence-corrected chi connectivity index (χ4v) is 3.60. The second-order valence-corrected chi connectivity index (χ2v) is 7.60. The predicted molar refractivity (Wildman–Crippen MR) is 120 cm³/mol. The van der Waals surface area contributed by atoms with Crippen LogP contribution in [0.25, 0.3) is 0 Å². The molecule has 1 aromatic heterocycles. The molecule has 1 saturated carbocycles. The fraction of sp³-hybridized carbons (Fsp3) is 0.737. The van der Waals surface area contributed by atoms with Crippen molar-refractivity contribution in [2.24, 2.45) is 16.3 Å². The molecule has 1 unspecified atom stereocenters. The van der Waals surface area contributed by atoms with Crippen molar-refractivity contribution >= 4 is 35.8 Å². The molecule has 8 heteroatoms. The van der Waals surface area contributed by atoms with Gasteiger partial charge in [-0.25, -0.2) is 0 Å². The first-order chi connectivity index (χ1) is 12.5. The molecule has 1 aliphatic rings. The highest BCUT2D eigenvalue weighted by Crippen LogP contribution is 2.39. The molecule has 0 bridgehead atoms. The molecule has 0 saturated heterocycles. The van der Waals surface area contributed by atoms with Gasteiger partial charge in [0.15, 0.2) is 5.96 Å². The van der Waals surface area contributed by atoms with Crippen LogP contribution < -0.4 is 10.6 Å². The third-order valence-corrected chi connectivity index (χ3v) is 4.98. The summed E-state index contributed by atoms with van der Waals surface area (Å²) in [5.74, 6) is 1.42. The van der Waals surface area contributed by atoms with Crippen LogP contribution in [0, 0.1) is 11.3 Å². The minimum Gasteiger partial charge on any atom is -0.357 e. The van der Waals surface area contributed by atoms with Gasteiger partial charge in [-0.2, -0.15) is 5.10 Å². The lowest BCUT2D eigenvalue weighted by molar-refractivity contribution is -0.138. The van der Waals surface area contributed by atoms with E-state index in [1.807, 2.05) is 31.0 Å². The third kappa shape index (κ3) is 6.97. The Morgan fingerprint density at radius 2 is 2.04 bits per heavy atom. The van der Waals surface area contributed by atoms with Crippen LogP contribution >= 0.6 is 24.0 Å². The zero-order valence-electron chi connectivity index (χ0n) is 17.1. The molecule has 1 fully saturated rings. The van der Waals surface area contributed by atoms with Crippen LogP contribution in [0.1, 0.15) is 39.5 Å². The van der Waals surface area contributed by atoms with E-state index >= 15 is 0 Å². The average molecular weight is 490 g/mol. The summed E-state index contributed by atoms with van der Waals surface area (Å²) in [7, 11) is 3.68. The maximum atomic E-state index is 12.7. The number of nitrogens with zero attached hydrogens (tertiary/aromatic N) is 4. The number of hydrogen-bond donors (Lipinski definition) is 2. The maximum absolute atomic E-state index is 12.7. The quantitative estimate of drug-likeness (QED) is 0.334. The Balaban J connectivity index is 0.00000364. The lowest BCUT2D eigenvalue weighted by Crippen LogP contribution is -2.43. The van der Waals surface area contributed by atoms with Gasteiger partial charge in [-0.3, -0.25) is 14.5 Å². The number of aliphatic imine (C=N–C) groups is 1. The summed E-state index contributed by atoms with van der Waals surface area (Å²) in [4.78, 5) is 19.2. The van der Waals surface area contributed by atoms with E-state index in [-0.39, 0.29) is 35.3 Å². The van der Waals surface area contributed by atoms with Crippen LogP contribution in [-0.4, -0.2) is 60.3 Å². The third-order valence-electron chi connectivity index (χ3n) is 4.98. The average Bonchev–Trinajstić information content (AvgIpc) is 3.29. The highest BCUT2D eigenvalue weighted by molar-refractivity contribution is 14.0. The van der Waals surface area contributed by atoms with Gasteiger partial charge in [-0.05, 0) is 31.7 Å². The highest BCUT2D eigenvalue weighted by atomic mass is 127. The molecule has 1 aromatic rings. The topological polar surface area (TPSA) is 74.6 Å². The summed E-state index contributed by atoms with van der Waals surface area (Å²) in [5, 5.41) is 11.0. The molecule has 1 heterocycles. The number of carbonyl (C=O) groups is 1. The first-order valence-corrected chi connectivity index (χ1v) is 9.68. The number of carbonyl (C=O) groups excluding carboxylic acids is 1. The fourth-order valence-electron chi connectivity index (χ4n) is 3.60. The molecule has 1 atom stereocenters. The standard InChI is InChI=1S/C19H34N6O.HI/c1-5-20-18(21-13-16(2)14-25-12-8-11-23-25)22-15-19(9-6-7-10-19)17(26)24(3)4;/h8,11-12,16H,5-7,9-10,13-15H2,1-4H3,(H2,20,21,22);1H. The number of halogens is 1. The van der Waals surface area contributed by atoms with Crippen molar-refractivity contribution in [3.63, 3.8) is 0 Å². The van der Waals surface area contributed by atoms with Crippen molar-refractivity contribution in [1.29, 1.82) is 0 Å². The van der Waals surface area contributed by atoms with Crippen molar-refractivity contribution in [3.05, 3.63) is 18.5 Å². The molecule has 0 radical (unpaired) electrons. The number of aromatic nitrogens is 2. The zero-order valence-corrected chi connectivity index (χ0v) is 19.4. The molecule has 0 spiro atoms. The normalized spacial score (nSPS) is 17.1. The van der Waals surface area contributed by atoms with Crippen LogP contribution in [0.15, 0.2) is 23.5 Å². The Morgan fingerprint density at radius 1 is 1.33 bits per heavy atom. The van der Waals surface area contributed by atoms with E-state index in [4.69, 9.17) is 4.99 Å².